The van der Waals surface area contributed by atoms with Crippen LogP contribution in [0.25, 0.3) is 0 Å². The summed E-state index contributed by atoms with van der Waals surface area (Å²) in [7, 11) is 0. The van der Waals surface area contributed by atoms with E-state index in [0.717, 1.165) is 5.56 Å². The molecule has 2 aliphatic carbocycles. The third-order valence-electron chi connectivity index (χ3n) is 5.32. The van der Waals surface area contributed by atoms with E-state index in [1.54, 1.807) is 20.8 Å². The van der Waals surface area contributed by atoms with Crippen LogP contribution in [0.15, 0.2) is 10.7 Å². The third kappa shape index (κ3) is 1.78. The highest BCUT2D eigenvalue weighted by Crippen LogP contribution is 2.54. The molecule has 1 N–H and O–H groups in total. The van der Waals surface area contributed by atoms with Gasteiger partial charge in [0.2, 0.25) is 6.04 Å². The van der Waals surface area contributed by atoms with Crippen LogP contribution in [0.3, 0.4) is 0 Å². The number of fused-ring (bicyclic) bond motifs is 2. The normalized spacial score (nSPS) is 38.8. The summed E-state index contributed by atoms with van der Waals surface area (Å²) >= 11 is 0. The fourth-order valence-corrected chi connectivity index (χ4v) is 4.40. The Kier molecular flexibility index (Phi) is 2.82. The Balaban J connectivity index is 2.19. The monoisotopic (exact) mass is 293 g/mol. The van der Waals surface area contributed by atoms with Crippen LogP contribution in [-0.2, 0) is 6.42 Å². The Bertz CT molecular complexity index is 632. The Hall–Kier alpha value is -1.69. The van der Waals surface area contributed by atoms with Crippen molar-refractivity contribution in [3.63, 3.8) is 0 Å². The zero-order chi connectivity index (χ0) is 15.6. The molecule has 2 aliphatic rings. The SMILES string of the molecule is Cc1coc2c1C(=O)[C@@H]1[C@@](C)(C2)[C@H]([N+](=O)[O-])CC[C@@]1(C)O. The van der Waals surface area contributed by atoms with Gasteiger partial charge >= 0.3 is 0 Å². The first-order valence-electron chi connectivity index (χ1n) is 7.15. The van der Waals surface area contributed by atoms with E-state index in [2.05, 4.69) is 0 Å². The van der Waals surface area contributed by atoms with Crippen LogP contribution >= 0.6 is 0 Å². The number of rotatable bonds is 1. The van der Waals surface area contributed by atoms with Crippen molar-refractivity contribution >= 4 is 5.78 Å². The number of aliphatic hydroxyl groups is 1. The summed E-state index contributed by atoms with van der Waals surface area (Å²) < 4.78 is 5.44. The maximum absolute atomic E-state index is 12.9. The predicted octanol–water partition coefficient (Wildman–Crippen LogP) is 2.14. The number of nitro groups is 1. The molecule has 1 aromatic rings. The van der Waals surface area contributed by atoms with Crippen molar-refractivity contribution in [2.45, 2.75) is 51.7 Å². The van der Waals surface area contributed by atoms with Gasteiger partial charge in [0.05, 0.1) is 28.8 Å². The highest BCUT2D eigenvalue weighted by Gasteiger charge is 2.64. The molecular weight excluding hydrogens is 274 g/mol. The minimum atomic E-state index is -1.22. The van der Waals surface area contributed by atoms with Crippen LogP contribution in [0.4, 0.5) is 0 Å². The van der Waals surface area contributed by atoms with Crippen molar-refractivity contribution in [3.05, 3.63) is 33.3 Å². The summed E-state index contributed by atoms with van der Waals surface area (Å²) in [5.41, 5.74) is -0.905. The second-order valence-corrected chi connectivity index (χ2v) is 6.89. The van der Waals surface area contributed by atoms with Gasteiger partial charge in [0.1, 0.15) is 5.76 Å². The van der Waals surface area contributed by atoms with Crippen LogP contribution in [0, 0.1) is 28.4 Å². The number of carbonyl (C=O) groups excluding carboxylic acids is 1. The topological polar surface area (TPSA) is 93.6 Å². The molecule has 0 amide bonds. The Morgan fingerprint density at radius 2 is 2.14 bits per heavy atom. The second kappa shape index (κ2) is 4.16. The van der Waals surface area contributed by atoms with E-state index in [1.807, 2.05) is 0 Å². The molecule has 1 heterocycles. The molecule has 0 aliphatic heterocycles. The van der Waals surface area contributed by atoms with E-state index in [1.165, 1.54) is 6.26 Å². The van der Waals surface area contributed by atoms with Gasteiger partial charge in [-0.3, -0.25) is 14.9 Å². The molecule has 0 aromatic carbocycles. The zero-order valence-electron chi connectivity index (χ0n) is 12.4. The van der Waals surface area contributed by atoms with Gasteiger partial charge in [-0.15, -0.1) is 0 Å². The molecule has 4 atom stereocenters. The maximum atomic E-state index is 12.9. The minimum absolute atomic E-state index is 0.221. The van der Waals surface area contributed by atoms with Crippen molar-refractivity contribution in [1.29, 1.82) is 0 Å². The van der Waals surface area contributed by atoms with E-state index < -0.39 is 23.0 Å². The largest absolute Gasteiger partial charge is 0.468 e. The molecule has 1 aromatic heterocycles. The van der Waals surface area contributed by atoms with Crippen LogP contribution < -0.4 is 0 Å². The highest BCUT2D eigenvalue weighted by atomic mass is 16.6. The van der Waals surface area contributed by atoms with Gasteiger partial charge in [-0.2, -0.15) is 0 Å². The number of carbonyl (C=O) groups is 1. The van der Waals surface area contributed by atoms with E-state index >= 15 is 0 Å². The van der Waals surface area contributed by atoms with Crippen molar-refractivity contribution in [2.75, 3.05) is 0 Å². The van der Waals surface area contributed by atoms with E-state index in [-0.39, 0.29) is 23.5 Å². The van der Waals surface area contributed by atoms with Gasteiger partial charge in [0, 0.05) is 17.8 Å². The van der Waals surface area contributed by atoms with E-state index in [9.17, 15) is 20.0 Å². The maximum Gasteiger partial charge on any atom is 0.219 e. The van der Waals surface area contributed by atoms with Crippen LogP contribution in [0.5, 0.6) is 0 Å². The molecule has 0 saturated heterocycles. The fraction of sp³-hybridized carbons (Fsp3) is 0.667. The number of hydrogen-bond donors (Lipinski definition) is 1. The molecule has 114 valence electrons. The Labute approximate surface area is 122 Å². The quantitative estimate of drug-likeness (QED) is 0.632. The zero-order valence-corrected chi connectivity index (χ0v) is 12.4. The summed E-state index contributed by atoms with van der Waals surface area (Å²) in [5, 5.41) is 22.1. The van der Waals surface area contributed by atoms with Gasteiger partial charge in [-0.1, -0.05) is 6.92 Å². The van der Waals surface area contributed by atoms with Crippen LogP contribution in [-0.4, -0.2) is 27.5 Å². The summed E-state index contributed by atoms with van der Waals surface area (Å²) in [6.45, 7) is 5.13. The molecule has 1 saturated carbocycles. The first kappa shape index (κ1) is 14.3. The number of furan rings is 1. The summed E-state index contributed by atoms with van der Waals surface area (Å²) in [4.78, 5) is 24.0. The third-order valence-corrected chi connectivity index (χ3v) is 5.32. The van der Waals surface area contributed by atoms with Gasteiger partial charge in [-0.05, 0) is 25.8 Å². The summed E-state index contributed by atoms with van der Waals surface area (Å²) in [6, 6.07) is -0.842. The van der Waals surface area contributed by atoms with Crippen molar-refractivity contribution in [1.82, 2.24) is 0 Å². The first-order chi connectivity index (χ1) is 9.68. The standard InChI is InChI=1S/C15H19NO5/c1-8-7-21-9-6-14(2)10(16(19)20)4-5-15(3,18)13(14)12(17)11(8)9/h7,10,13,18H,4-6H2,1-3H3/t10-,13-,14+,15-/m1/s1. The smallest absolute Gasteiger partial charge is 0.219 e. The van der Waals surface area contributed by atoms with Crippen molar-refractivity contribution in [3.8, 4) is 0 Å². The Morgan fingerprint density at radius 1 is 1.48 bits per heavy atom. The molecule has 0 bridgehead atoms. The predicted molar refractivity (Wildman–Crippen MR) is 73.7 cm³/mol. The molecule has 0 radical (unpaired) electrons. The van der Waals surface area contributed by atoms with Gasteiger partial charge in [0.15, 0.2) is 5.78 Å². The highest BCUT2D eigenvalue weighted by molar-refractivity contribution is 6.02. The van der Waals surface area contributed by atoms with Crippen LogP contribution in [0.1, 0.15) is 48.4 Å². The Morgan fingerprint density at radius 3 is 2.76 bits per heavy atom. The lowest BCUT2D eigenvalue weighted by Crippen LogP contribution is -2.62. The number of nitrogens with zero attached hydrogens (tertiary/aromatic N) is 1. The van der Waals surface area contributed by atoms with Crippen LogP contribution in [0.2, 0.25) is 0 Å². The number of ketones is 1. The number of aryl methyl sites for hydroxylation is 1. The molecule has 21 heavy (non-hydrogen) atoms. The van der Waals surface area contributed by atoms with E-state index in [4.69, 9.17) is 4.42 Å². The number of Topliss-reactive ketones (excluding diaryl/α,β-unsaturated/α-hetero) is 1. The van der Waals surface area contributed by atoms with Crippen molar-refractivity contribution in [2.24, 2.45) is 11.3 Å². The molecule has 1 fully saturated rings. The van der Waals surface area contributed by atoms with Gasteiger partial charge < -0.3 is 9.52 Å². The lowest BCUT2D eigenvalue weighted by molar-refractivity contribution is -0.551. The minimum Gasteiger partial charge on any atom is -0.468 e. The van der Waals surface area contributed by atoms with E-state index in [0.29, 0.717) is 17.7 Å². The summed E-state index contributed by atoms with van der Waals surface area (Å²) in [5.74, 6) is -0.472. The number of hydrogen-bond acceptors (Lipinski definition) is 5. The molecule has 6 heteroatoms. The molecule has 3 rings (SSSR count). The molecule has 6 nitrogen and oxygen atoms in total. The molecule has 0 unspecified atom stereocenters. The second-order valence-electron chi connectivity index (χ2n) is 6.89. The van der Waals surface area contributed by atoms with Gasteiger partial charge in [0.25, 0.3) is 0 Å². The first-order valence-corrected chi connectivity index (χ1v) is 7.15. The summed E-state index contributed by atoms with van der Waals surface area (Å²) in [6.07, 6.45) is 2.36. The van der Waals surface area contributed by atoms with Gasteiger partial charge in [-0.25, -0.2) is 0 Å². The van der Waals surface area contributed by atoms with Crippen molar-refractivity contribution < 1.29 is 19.2 Å². The fourth-order valence-electron chi connectivity index (χ4n) is 4.40. The average Bonchev–Trinajstić information content (AvgIpc) is 2.68. The molecule has 0 spiro atoms. The molecular formula is C15H19NO5. The average molecular weight is 293 g/mol. The lowest BCUT2D eigenvalue weighted by atomic mass is 9.52. The lowest BCUT2D eigenvalue weighted by Gasteiger charge is -2.50.